The Balaban J connectivity index is 2.66. The molecule has 0 aliphatic rings. The Morgan fingerprint density at radius 1 is 1.16 bits per heavy atom. The van der Waals surface area contributed by atoms with Crippen LogP contribution >= 0.6 is 0 Å². The average molecular weight is 260 g/mol. The third-order valence-corrected chi connectivity index (χ3v) is 3.37. The molecule has 0 aliphatic heterocycles. The van der Waals surface area contributed by atoms with Gasteiger partial charge in [-0.05, 0) is 29.9 Å². The maximum Gasteiger partial charge on any atom is 0.101 e. The second kappa shape index (κ2) is 7.98. The first-order valence-corrected chi connectivity index (χ1v) is 7.43. The molecule has 0 heterocycles. The highest BCUT2D eigenvalue weighted by molar-refractivity contribution is 5.87. The highest BCUT2D eigenvalue weighted by Gasteiger charge is 2.09. The number of hydrogen-bond acceptors (Lipinski definition) is 1. The Labute approximate surface area is 118 Å². The van der Waals surface area contributed by atoms with Gasteiger partial charge in [0.1, 0.15) is 5.84 Å². The van der Waals surface area contributed by atoms with E-state index in [1.54, 1.807) is 0 Å². The van der Waals surface area contributed by atoms with Gasteiger partial charge in [0.2, 0.25) is 0 Å². The number of nitrogens with zero attached hydrogens (tertiary/aromatic N) is 1. The number of unbranched alkanes of at least 4 members (excludes halogenated alkanes) is 1. The second-order valence-electron chi connectivity index (χ2n) is 5.72. The third kappa shape index (κ3) is 5.46. The molecule has 19 heavy (non-hydrogen) atoms. The zero-order valence-electron chi connectivity index (χ0n) is 12.8. The van der Waals surface area contributed by atoms with Crippen LogP contribution in [0.15, 0.2) is 29.3 Å². The fourth-order valence-electron chi connectivity index (χ4n) is 2.09. The van der Waals surface area contributed by atoms with E-state index >= 15 is 0 Å². The van der Waals surface area contributed by atoms with E-state index in [0.29, 0.717) is 5.92 Å². The van der Waals surface area contributed by atoms with Gasteiger partial charge >= 0.3 is 0 Å². The first-order chi connectivity index (χ1) is 9.04. The van der Waals surface area contributed by atoms with Crippen LogP contribution in [-0.4, -0.2) is 12.4 Å². The monoisotopic (exact) mass is 260 g/mol. The van der Waals surface area contributed by atoms with Gasteiger partial charge in [-0.25, -0.2) is 0 Å². The first-order valence-electron chi connectivity index (χ1n) is 7.43. The van der Waals surface area contributed by atoms with E-state index in [2.05, 4.69) is 57.0 Å². The maximum absolute atomic E-state index is 6.06. The van der Waals surface area contributed by atoms with Gasteiger partial charge in [0.05, 0.1) is 0 Å². The van der Waals surface area contributed by atoms with Crippen LogP contribution in [-0.2, 0) is 6.42 Å². The van der Waals surface area contributed by atoms with Gasteiger partial charge in [-0.15, -0.1) is 0 Å². The van der Waals surface area contributed by atoms with Gasteiger partial charge in [-0.3, -0.25) is 4.99 Å². The number of nitrogens with two attached hydrogens (primary N) is 1. The standard InChI is InChI=1S/C17H28N2/c1-5-6-11-19-17(18)14(4)16-9-7-15(8-10-16)12-13(2)3/h7-10,13-14H,5-6,11-12H2,1-4H3,(H2,18,19)/t14-/m0/s1. The largest absolute Gasteiger partial charge is 0.387 e. The predicted octanol–water partition coefficient (Wildman–Crippen LogP) is 4.15. The minimum absolute atomic E-state index is 0.213. The van der Waals surface area contributed by atoms with Crippen LogP contribution in [0.25, 0.3) is 0 Å². The molecule has 0 radical (unpaired) electrons. The molecule has 2 N–H and O–H groups in total. The van der Waals surface area contributed by atoms with Crippen molar-refractivity contribution in [2.75, 3.05) is 6.54 Å². The lowest BCUT2D eigenvalue weighted by Crippen LogP contribution is -2.20. The number of hydrogen-bond donors (Lipinski definition) is 1. The zero-order chi connectivity index (χ0) is 14.3. The van der Waals surface area contributed by atoms with Crippen molar-refractivity contribution in [1.82, 2.24) is 0 Å². The highest BCUT2D eigenvalue weighted by atomic mass is 14.9. The fraction of sp³-hybridized carbons (Fsp3) is 0.588. The summed E-state index contributed by atoms with van der Waals surface area (Å²) in [6.07, 6.45) is 3.41. The van der Waals surface area contributed by atoms with E-state index in [0.717, 1.165) is 31.6 Å². The molecule has 2 heteroatoms. The van der Waals surface area contributed by atoms with Crippen molar-refractivity contribution in [2.45, 2.75) is 52.9 Å². The molecule has 106 valence electrons. The molecule has 1 rings (SSSR count). The van der Waals surface area contributed by atoms with E-state index in [1.165, 1.54) is 11.1 Å². The van der Waals surface area contributed by atoms with Crippen molar-refractivity contribution >= 4 is 5.84 Å². The summed E-state index contributed by atoms with van der Waals surface area (Å²) in [6, 6.07) is 8.80. The molecule has 0 bridgehead atoms. The predicted molar refractivity (Wildman–Crippen MR) is 84.8 cm³/mol. The highest BCUT2D eigenvalue weighted by Crippen LogP contribution is 2.17. The fourth-order valence-corrected chi connectivity index (χ4v) is 2.09. The molecule has 0 aliphatic carbocycles. The smallest absolute Gasteiger partial charge is 0.101 e. The van der Waals surface area contributed by atoms with Crippen LogP contribution < -0.4 is 5.73 Å². The van der Waals surface area contributed by atoms with Crippen molar-refractivity contribution in [1.29, 1.82) is 0 Å². The molecule has 1 atom stereocenters. The normalized spacial score (nSPS) is 13.8. The summed E-state index contributed by atoms with van der Waals surface area (Å²) in [7, 11) is 0. The Kier molecular flexibility index (Phi) is 6.61. The Morgan fingerprint density at radius 3 is 2.32 bits per heavy atom. The van der Waals surface area contributed by atoms with Crippen LogP contribution in [0, 0.1) is 5.92 Å². The van der Waals surface area contributed by atoms with Crippen molar-refractivity contribution in [2.24, 2.45) is 16.6 Å². The number of amidine groups is 1. The lowest BCUT2D eigenvalue weighted by Gasteiger charge is -2.13. The average Bonchev–Trinajstić information content (AvgIpc) is 2.38. The third-order valence-electron chi connectivity index (χ3n) is 3.37. The number of rotatable bonds is 7. The quantitative estimate of drug-likeness (QED) is 0.446. The Morgan fingerprint density at radius 2 is 1.79 bits per heavy atom. The molecule has 0 unspecified atom stereocenters. The van der Waals surface area contributed by atoms with Crippen LogP contribution in [0.3, 0.4) is 0 Å². The van der Waals surface area contributed by atoms with Crippen molar-refractivity contribution in [3.63, 3.8) is 0 Å². The van der Waals surface area contributed by atoms with Gasteiger partial charge < -0.3 is 5.73 Å². The van der Waals surface area contributed by atoms with Gasteiger partial charge in [0, 0.05) is 12.5 Å². The lowest BCUT2D eigenvalue weighted by molar-refractivity contribution is 0.647. The molecule has 0 aromatic heterocycles. The summed E-state index contributed by atoms with van der Waals surface area (Å²) in [5, 5.41) is 0. The lowest BCUT2D eigenvalue weighted by atomic mass is 9.96. The summed E-state index contributed by atoms with van der Waals surface area (Å²) >= 11 is 0. The summed E-state index contributed by atoms with van der Waals surface area (Å²) in [5.41, 5.74) is 8.71. The molecule has 0 fully saturated rings. The van der Waals surface area contributed by atoms with Crippen LogP contribution in [0.2, 0.25) is 0 Å². The minimum Gasteiger partial charge on any atom is -0.387 e. The van der Waals surface area contributed by atoms with Crippen molar-refractivity contribution in [3.05, 3.63) is 35.4 Å². The van der Waals surface area contributed by atoms with E-state index in [9.17, 15) is 0 Å². The topological polar surface area (TPSA) is 38.4 Å². The summed E-state index contributed by atoms with van der Waals surface area (Å²) in [4.78, 5) is 4.46. The molecule has 0 spiro atoms. The van der Waals surface area contributed by atoms with Gasteiger partial charge in [0.25, 0.3) is 0 Å². The first kappa shape index (κ1) is 15.7. The molecule has 2 nitrogen and oxygen atoms in total. The Hall–Kier alpha value is -1.31. The number of aliphatic imine (C=N–C) groups is 1. The van der Waals surface area contributed by atoms with E-state index in [-0.39, 0.29) is 5.92 Å². The van der Waals surface area contributed by atoms with Crippen molar-refractivity contribution in [3.8, 4) is 0 Å². The molecule has 0 amide bonds. The van der Waals surface area contributed by atoms with E-state index in [4.69, 9.17) is 5.73 Å². The van der Waals surface area contributed by atoms with Gasteiger partial charge in [-0.1, -0.05) is 58.4 Å². The minimum atomic E-state index is 0.213. The van der Waals surface area contributed by atoms with Crippen LogP contribution in [0.4, 0.5) is 0 Å². The molecular weight excluding hydrogens is 232 g/mol. The molecule has 0 saturated heterocycles. The maximum atomic E-state index is 6.06. The number of benzene rings is 1. The summed E-state index contributed by atoms with van der Waals surface area (Å²) < 4.78 is 0. The molecule has 0 saturated carbocycles. The Bertz CT molecular complexity index is 390. The summed E-state index contributed by atoms with van der Waals surface area (Å²) in [5.74, 6) is 1.67. The molecular formula is C17H28N2. The zero-order valence-corrected chi connectivity index (χ0v) is 12.8. The SMILES string of the molecule is CCCCN=C(N)[C@@H](C)c1ccc(CC(C)C)cc1. The van der Waals surface area contributed by atoms with Gasteiger partial charge in [-0.2, -0.15) is 0 Å². The van der Waals surface area contributed by atoms with Crippen molar-refractivity contribution < 1.29 is 0 Å². The van der Waals surface area contributed by atoms with Crippen LogP contribution in [0.1, 0.15) is 57.6 Å². The molecule has 1 aromatic carbocycles. The van der Waals surface area contributed by atoms with Gasteiger partial charge in [0.15, 0.2) is 0 Å². The van der Waals surface area contributed by atoms with Crippen LogP contribution in [0.5, 0.6) is 0 Å². The molecule has 1 aromatic rings. The second-order valence-corrected chi connectivity index (χ2v) is 5.72. The van der Waals surface area contributed by atoms with E-state index in [1.807, 2.05) is 0 Å². The summed E-state index contributed by atoms with van der Waals surface area (Å²) in [6.45, 7) is 9.63. The van der Waals surface area contributed by atoms with E-state index < -0.39 is 0 Å².